The Labute approximate surface area is 363 Å². The summed E-state index contributed by atoms with van der Waals surface area (Å²) in [4.78, 5) is 0. The van der Waals surface area contributed by atoms with Crippen molar-refractivity contribution >= 4 is 0 Å². The fourth-order valence-corrected chi connectivity index (χ4v) is 11.3. The lowest BCUT2D eigenvalue weighted by Crippen LogP contribution is -2.45. The van der Waals surface area contributed by atoms with E-state index in [0.29, 0.717) is 48.7 Å². The second kappa shape index (κ2) is 22.0. The summed E-state index contributed by atoms with van der Waals surface area (Å²) in [7, 11) is 0. The highest BCUT2D eigenvalue weighted by Gasteiger charge is 2.59. The molecule has 4 unspecified atom stereocenters. The molecule has 2 aromatic carbocycles. The molecule has 0 aromatic heterocycles. The first-order valence-corrected chi connectivity index (χ1v) is 24.1. The maximum absolute atomic E-state index is 15.3. The minimum absolute atomic E-state index is 0.158. The van der Waals surface area contributed by atoms with Crippen LogP contribution >= 0.6 is 0 Å². The third-order valence-electron chi connectivity index (χ3n) is 15.2. The molecule has 0 bridgehead atoms. The van der Waals surface area contributed by atoms with Crippen molar-refractivity contribution in [3.05, 3.63) is 119 Å². The Morgan fingerprint density at radius 2 is 0.869 bits per heavy atom. The standard InChI is InChI=1S/C54H72F6O/c1-3-5-7-9-13-19-41-25-29-47(30-26-41)51(53(55,56)57)37-33-45(34-38-51)49(43-21-15-11-16-22-43)61-50(44-23-17-12-18-24-44)46-35-39-52(40-36-46,54(58,59)60)48-31-27-42(28-32-48)20-14-10-8-6-4-2/h11-12,15-18,21-24,33-37,39,41-42,47-50H,3-10,13-14,19-20,25-32,38,40H2,1-2H3. The average molecular weight is 851 g/mol. The molecule has 6 rings (SSSR count). The third kappa shape index (κ3) is 11.8. The van der Waals surface area contributed by atoms with Crippen molar-refractivity contribution in [1.29, 1.82) is 0 Å². The van der Waals surface area contributed by atoms with E-state index in [9.17, 15) is 0 Å². The number of halogens is 6. The minimum Gasteiger partial charge on any atom is -0.356 e. The van der Waals surface area contributed by atoms with E-state index in [1.54, 1.807) is 24.3 Å². The first kappa shape index (κ1) is 47.4. The van der Waals surface area contributed by atoms with Crippen LogP contribution in [0.5, 0.6) is 0 Å². The summed E-state index contributed by atoms with van der Waals surface area (Å²) in [5.41, 5.74) is -1.03. The summed E-state index contributed by atoms with van der Waals surface area (Å²) in [6.07, 6.45) is 18.9. The highest BCUT2D eigenvalue weighted by atomic mass is 19.4. The Morgan fingerprint density at radius 3 is 1.18 bits per heavy atom. The molecule has 336 valence electrons. The van der Waals surface area contributed by atoms with Gasteiger partial charge in [0, 0.05) is 0 Å². The van der Waals surface area contributed by atoms with Gasteiger partial charge in [-0.1, -0.05) is 214 Å². The number of hydrogen-bond acceptors (Lipinski definition) is 1. The molecule has 0 N–H and O–H groups in total. The van der Waals surface area contributed by atoms with Crippen molar-refractivity contribution in [3.63, 3.8) is 0 Å². The molecule has 2 fully saturated rings. The maximum atomic E-state index is 15.3. The van der Waals surface area contributed by atoms with E-state index in [1.165, 1.54) is 63.5 Å². The number of unbranched alkanes of at least 4 members (excludes halogenated alkanes) is 8. The highest BCUT2D eigenvalue weighted by molar-refractivity contribution is 5.41. The van der Waals surface area contributed by atoms with Crippen LogP contribution in [-0.4, -0.2) is 12.4 Å². The number of allylic oxidation sites excluding steroid dienone is 4. The molecular weight excluding hydrogens is 779 g/mol. The summed E-state index contributed by atoms with van der Waals surface area (Å²) >= 11 is 0. The first-order valence-electron chi connectivity index (χ1n) is 24.1. The van der Waals surface area contributed by atoms with Gasteiger partial charge >= 0.3 is 12.4 Å². The molecule has 1 nitrogen and oxygen atoms in total. The van der Waals surface area contributed by atoms with Crippen LogP contribution in [0, 0.1) is 34.5 Å². The van der Waals surface area contributed by atoms with Gasteiger partial charge in [-0.05, 0) is 84.5 Å². The molecule has 0 aliphatic heterocycles. The van der Waals surface area contributed by atoms with Crippen LogP contribution < -0.4 is 0 Å². The third-order valence-corrected chi connectivity index (χ3v) is 15.2. The monoisotopic (exact) mass is 851 g/mol. The van der Waals surface area contributed by atoms with Crippen molar-refractivity contribution in [2.24, 2.45) is 34.5 Å². The second-order valence-electron chi connectivity index (χ2n) is 19.1. The van der Waals surface area contributed by atoms with Crippen molar-refractivity contribution < 1.29 is 31.1 Å². The van der Waals surface area contributed by atoms with E-state index in [4.69, 9.17) is 4.74 Å². The lowest BCUT2D eigenvalue weighted by molar-refractivity contribution is -0.227. The fourth-order valence-electron chi connectivity index (χ4n) is 11.3. The van der Waals surface area contributed by atoms with Gasteiger partial charge in [-0.25, -0.2) is 0 Å². The Balaban J connectivity index is 1.20. The van der Waals surface area contributed by atoms with Crippen LogP contribution in [0.2, 0.25) is 0 Å². The Kier molecular flexibility index (Phi) is 17.1. The molecule has 4 aliphatic rings. The summed E-state index contributed by atoms with van der Waals surface area (Å²) in [6, 6.07) is 19.0. The number of benzene rings is 2. The normalized spacial score (nSPS) is 28.3. The highest BCUT2D eigenvalue weighted by Crippen LogP contribution is 2.58. The average Bonchev–Trinajstić information content (AvgIpc) is 3.27. The maximum Gasteiger partial charge on any atom is 0.398 e. The second-order valence-corrected chi connectivity index (χ2v) is 19.1. The van der Waals surface area contributed by atoms with E-state index in [2.05, 4.69) is 13.8 Å². The van der Waals surface area contributed by atoms with E-state index in [1.807, 2.05) is 60.7 Å². The van der Waals surface area contributed by atoms with Gasteiger partial charge in [-0.15, -0.1) is 0 Å². The molecular formula is C54H72F6O. The lowest BCUT2D eigenvalue weighted by Gasteiger charge is -2.45. The van der Waals surface area contributed by atoms with Gasteiger partial charge in [-0.2, -0.15) is 26.3 Å². The molecule has 4 aliphatic carbocycles. The van der Waals surface area contributed by atoms with E-state index in [-0.39, 0.29) is 12.8 Å². The number of rotatable bonds is 20. The molecule has 4 atom stereocenters. The molecule has 7 heteroatoms. The Hall–Kier alpha value is -3.06. The van der Waals surface area contributed by atoms with Crippen LogP contribution in [0.4, 0.5) is 26.3 Å². The van der Waals surface area contributed by atoms with Gasteiger partial charge in [-0.3, -0.25) is 0 Å². The number of hydrogen-bond donors (Lipinski definition) is 0. The van der Waals surface area contributed by atoms with Gasteiger partial charge < -0.3 is 4.74 Å². The number of alkyl halides is 6. The molecule has 0 heterocycles. The van der Waals surface area contributed by atoms with E-state index >= 15 is 26.3 Å². The Morgan fingerprint density at radius 1 is 0.508 bits per heavy atom. The van der Waals surface area contributed by atoms with Crippen LogP contribution in [0.1, 0.15) is 178 Å². The van der Waals surface area contributed by atoms with Gasteiger partial charge in [0.1, 0.15) is 12.2 Å². The summed E-state index contributed by atoms with van der Waals surface area (Å²) in [5.74, 6) is 0.0371. The Bertz CT molecular complexity index is 1600. The first-order chi connectivity index (χ1) is 29.4. The summed E-state index contributed by atoms with van der Waals surface area (Å²) < 4.78 is 98.9. The molecule has 2 aromatic rings. The lowest BCUT2D eigenvalue weighted by atomic mass is 9.62. The quantitative estimate of drug-likeness (QED) is 0.0953. The largest absolute Gasteiger partial charge is 0.398 e. The fraction of sp³-hybridized carbons (Fsp3) is 0.630. The van der Waals surface area contributed by atoms with Crippen LogP contribution in [-0.2, 0) is 4.74 Å². The smallest absolute Gasteiger partial charge is 0.356 e. The van der Waals surface area contributed by atoms with Crippen LogP contribution in [0.25, 0.3) is 0 Å². The number of ether oxygens (including phenoxy) is 1. The zero-order valence-corrected chi connectivity index (χ0v) is 36.9. The van der Waals surface area contributed by atoms with E-state index < -0.39 is 47.2 Å². The van der Waals surface area contributed by atoms with Gasteiger partial charge in [0.2, 0.25) is 0 Å². The molecule has 61 heavy (non-hydrogen) atoms. The van der Waals surface area contributed by atoms with Gasteiger partial charge in [0.15, 0.2) is 0 Å². The van der Waals surface area contributed by atoms with Gasteiger partial charge in [0.05, 0.1) is 10.8 Å². The summed E-state index contributed by atoms with van der Waals surface area (Å²) in [5, 5.41) is 0. The van der Waals surface area contributed by atoms with Crippen molar-refractivity contribution in [2.75, 3.05) is 0 Å². The van der Waals surface area contributed by atoms with Crippen molar-refractivity contribution in [3.8, 4) is 0 Å². The van der Waals surface area contributed by atoms with Crippen LogP contribution in [0.3, 0.4) is 0 Å². The SMILES string of the molecule is CCCCCCCC1CCC(C2(C(F)(F)F)C=CC(C(OC(C3=CCC(C4CCC(CCCCCCC)CC4)(C(F)(F)F)C=C3)c3ccccc3)c3ccccc3)=CC2)CC1. The molecule has 0 saturated heterocycles. The molecule has 0 amide bonds. The van der Waals surface area contributed by atoms with Crippen molar-refractivity contribution in [2.45, 2.75) is 180 Å². The molecule has 0 spiro atoms. The predicted molar refractivity (Wildman–Crippen MR) is 238 cm³/mol. The van der Waals surface area contributed by atoms with Gasteiger partial charge in [0.25, 0.3) is 0 Å². The summed E-state index contributed by atoms with van der Waals surface area (Å²) in [6.45, 7) is 4.40. The molecule has 0 radical (unpaired) electrons. The zero-order chi connectivity index (χ0) is 43.4. The minimum atomic E-state index is -4.41. The zero-order valence-electron chi connectivity index (χ0n) is 36.9. The van der Waals surface area contributed by atoms with Crippen molar-refractivity contribution in [1.82, 2.24) is 0 Å². The van der Waals surface area contributed by atoms with E-state index in [0.717, 1.165) is 62.5 Å². The van der Waals surface area contributed by atoms with Crippen LogP contribution in [0.15, 0.2) is 108 Å². The topological polar surface area (TPSA) is 9.23 Å². The predicted octanol–water partition coefficient (Wildman–Crippen LogP) is 17.7. The molecule has 2 saturated carbocycles.